The largest absolute Gasteiger partial charge is 0.383 e. The highest BCUT2D eigenvalue weighted by atomic mass is 32.2. The van der Waals surface area contributed by atoms with Crippen LogP contribution in [0, 0.1) is 0 Å². The number of sulfone groups is 1. The van der Waals surface area contributed by atoms with Crippen LogP contribution in [0.3, 0.4) is 0 Å². The lowest BCUT2D eigenvalue weighted by molar-refractivity contribution is 0.186. The lowest BCUT2D eigenvalue weighted by atomic mass is 10.4. The van der Waals surface area contributed by atoms with Gasteiger partial charge in [-0.1, -0.05) is 0 Å². The topological polar surface area (TPSA) is 74.1 Å². The molecule has 7 heteroatoms. The molecule has 15 heavy (non-hydrogen) atoms. The average Bonchev–Trinajstić information content (AvgIpc) is 2.59. The Morgan fingerprint density at radius 2 is 2.27 bits per heavy atom. The quantitative estimate of drug-likeness (QED) is 0.717. The molecule has 1 aromatic heterocycles. The molecule has 0 saturated heterocycles. The highest BCUT2D eigenvalue weighted by Gasteiger charge is 2.22. The summed E-state index contributed by atoms with van der Waals surface area (Å²) < 4.78 is 29.3. The van der Waals surface area contributed by atoms with Crippen LogP contribution in [-0.4, -0.2) is 43.2 Å². The smallest absolute Gasteiger partial charge is 0.157 e. The van der Waals surface area contributed by atoms with Gasteiger partial charge < -0.3 is 9.30 Å². The van der Waals surface area contributed by atoms with Crippen LogP contribution >= 0.6 is 0 Å². The van der Waals surface area contributed by atoms with Crippen molar-refractivity contribution in [3.63, 3.8) is 0 Å². The fourth-order valence-electron chi connectivity index (χ4n) is 1.13. The van der Waals surface area contributed by atoms with E-state index in [0.29, 0.717) is 19.0 Å². The molecule has 0 N–H and O–H groups in total. The summed E-state index contributed by atoms with van der Waals surface area (Å²) in [5.41, 5.74) is 0. The van der Waals surface area contributed by atoms with Crippen molar-refractivity contribution in [3.05, 3.63) is 12.2 Å². The molecule has 0 fully saturated rings. The Hall–Kier alpha value is -0.950. The molecular weight excluding hydrogens is 218 g/mol. The first-order valence-electron chi connectivity index (χ1n) is 4.52. The maximum atomic E-state index is 11.3. The Morgan fingerprint density at radius 1 is 1.60 bits per heavy atom. The van der Waals surface area contributed by atoms with Crippen molar-refractivity contribution in [1.82, 2.24) is 14.8 Å². The summed E-state index contributed by atoms with van der Waals surface area (Å²) >= 11 is 0. The molecule has 1 rings (SSSR count). The molecule has 1 aromatic rings. The lowest BCUT2D eigenvalue weighted by Gasteiger charge is -2.10. The number of nitrogens with zero attached hydrogens (tertiary/aromatic N) is 3. The predicted molar refractivity (Wildman–Crippen MR) is 55.2 cm³/mol. The molecule has 6 nitrogen and oxygen atoms in total. The van der Waals surface area contributed by atoms with E-state index in [1.165, 1.54) is 12.6 Å². The summed E-state index contributed by atoms with van der Waals surface area (Å²) in [6, 6.07) is 0. The third-order valence-electron chi connectivity index (χ3n) is 2.19. The SMILES string of the molecule is COCCn1cnnc1C(C)S(C)(=O)=O. The fraction of sp³-hybridized carbons (Fsp3) is 0.750. The molecule has 0 radical (unpaired) electrons. The molecule has 0 aliphatic rings. The molecule has 1 unspecified atom stereocenters. The van der Waals surface area contributed by atoms with Crippen LogP contribution in [0.2, 0.25) is 0 Å². The van der Waals surface area contributed by atoms with Crippen molar-refractivity contribution in [2.45, 2.75) is 18.7 Å². The minimum Gasteiger partial charge on any atom is -0.383 e. The molecule has 0 aliphatic carbocycles. The van der Waals surface area contributed by atoms with Gasteiger partial charge in [0.25, 0.3) is 0 Å². The van der Waals surface area contributed by atoms with Gasteiger partial charge in [-0.15, -0.1) is 10.2 Å². The second-order valence-electron chi connectivity index (χ2n) is 3.35. The second kappa shape index (κ2) is 4.71. The minimum absolute atomic E-state index is 0.453. The summed E-state index contributed by atoms with van der Waals surface area (Å²) in [5.74, 6) is 0.453. The van der Waals surface area contributed by atoms with Crippen molar-refractivity contribution < 1.29 is 13.2 Å². The van der Waals surface area contributed by atoms with E-state index in [-0.39, 0.29) is 0 Å². The van der Waals surface area contributed by atoms with Gasteiger partial charge in [0.2, 0.25) is 0 Å². The first kappa shape index (κ1) is 12.1. The van der Waals surface area contributed by atoms with Gasteiger partial charge in [0, 0.05) is 19.9 Å². The Balaban J connectivity index is 2.90. The van der Waals surface area contributed by atoms with Gasteiger partial charge in [0.1, 0.15) is 11.6 Å². The van der Waals surface area contributed by atoms with Gasteiger partial charge in [-0.3, -0.25) is 0 Å². The van der Waals surface area contributed by atoms with Crippen LogP contribution in [-0.2, 0) is 21.1 Å². The number of aromatic nitrogens is 3. The van der Waals surface area contributed by atoms with E-state index in [1.54, 1.807) is 18.6 Å². The molecule has 0 amide bonds. The number of ether oxygens (including phenoxy) is 1. The Kier molecular flexibility index (Phi) is 3.81. The zero-order valence-electron chi connectivity index (χ0n) is 9.04. The van der Waals surface area contributed by atoms with Crippen LogP contribution in [0.1, 0.15) is 18.0 Å². The molecule has 86 valence electrons. The maximum Gasteiger partial charge on any atom is 0.157 e. The van der Waals surface area contributed by atoms with Gasteiger partial charge in [-0.2, -0.15) is 0 Å². The molecule has 0 aromatic carbocycles. The first-order chi connectivity index (χ1) is 6.96. The number of rotatable bonds is 5. The minimum atomic E-state index is -3.14. The average molecular weight is 233 g/mol. The molecule has 1 atom stereocenters. The van der Waals surface area contributed by atoms with Gasteiger partial charge in [0.15, 0.2) is 15.7 Å². The Morgan fingerprint density at radius 3 is 2.80 bits per heavy atom. The van der Waals surface area contributed by atoms with Crippen molar-refractivity contribution in [2.24, 2.45) is 0 Å². The van der Waals surface area contributed by atoms with Crippen molar-refractivity contribution in [2.75, 3.05) is 20.0 Å². The molecular formula is C8H15N3O3S. The summed E-state index contributed by atoms with van der Waals surface area (Å²) in [6.07, 6.45) is 2.70. The van der Waals surface area contributed by atoms with E-state index in [9.17, 15) is 8.42 Å². The molecule has 0 aliphatic heterocycles. The maximum absolute atomic E-state index is 11.3. The number of methoxy groups -OCH3 is 1. The van der Waals surface area contributed by atoms with Crippen LogP contribution < -0.4 is 0 Å². The third-order valence-corrected chi connectivity index (χ3v) is 3.68. The highest BCUT2D eigenvalue weighted by Crippen LogP contribution is 2.17. The zero-order valence-corrected chi connectivity index (χ0v) is 9.86. The highest BCUT2D eigenvalue weighted by molar-refractivity contribution is 7.90. The third kappa shape index (κ3) is 3.00. The van der Waals surface area contributed by atoms with Gasteiger partial charge in [0.05, 0.1) is 6.61 Å². The van der Waals surface area contributed by atoms with E-state index < -0.39 is 15.1 Å². The molecule has 1 heterocycles. The molecule has 0 bridgehead atoms. The number of hydrogen-bond acceptors (Lipinski definition) is 5. The second-order valence-corrected chi connectivity index (χ2v) is 5.71. The van der Waals surface area contributed by atoms with Gasteiger partial charge in [-0.25, -0.2) is 8.42 Å². The summed E-state index contributed by atoms with van der Waals surface area (Å²) in [6.45, 7) is 2.66. The van der Waals surface area contributed by atoms with Crippen LogP contribution in [0.4, 0.5) is 0 Å². The van der Waals surface area contributed by atoms with E-state index in [1.807, 2.05) is 0 Å². The van der Waals surface area contributed by atoms with Crippen molar-refractivity contribution in [1.29, 1.82) is 0 Å². The van der Waals surface area contributed by atoms with Crippen molar-refractivity contribution >= 4 is 9.84 Å². The summed E-state index contributed by atoms with van der Waals surface area (Å²) in [7, 11) is -1.55. The van der Waals surface area contributed by atoms with E-state index >= 15 is 0 Å². The van der Waals surface area contributed by atoms with Crippen LogP contribution in [0.5, 0.6) is 0 Å². The first-order valence-corrected chi connectivity index (χ1v) is 6.47. The van der Waals surface area contributed by atoms with E-state index in [2.05, 4.69) is 10.2 Å². The standard InChI is InChI=1S/C8H15N3O3S/c1-7(15(3,12)13)8-10-9-6-11(8)4-5-14-2/h6-7H,4-5H2,1-3H3. The van der Waals surface area contributed by atoms with E-state index in [0.717, 1.165) is 0 Å². The summed E-state index contributed by atoms with van der Waals surface area (Å²) in [4.78, 5) is 0. The van der Waals surface area contributed by atoms with Crippen LogP contribution in [0.15, 0.2) is 6.33 Å². The van der Waals surface area contributed by atoms with Gasteiger partial charge in [-0.05, 0) is 6.92 Å². The lowest BCUT2D eigenvalue weighted by Crippen LogP contribution is -2.15. The Labute approximate surface area is 89.2 Å². The molecule has 0 spiro atoms. The Bertz CT molecular complexity index is 413. The normalized spacial score (nSPS) is 14.1. The monoisotopic (exact) mass is 233 g/mol. The predicted octanol–water partition coefficient (Wildman–Crippen LogP) is 0.0301. The van der Waals surface area contributed by atoms with E-state index in [4.69, 9.17) is 4.74 Å². The fourth-order valence-corrected chi connectivity index (χ4v) is 1.70. The van der Waals surface area contributed by atoms with Crippen molar-refractivity contribution in [3.8, 4) is 0 Å². The zero-order chi connectivity index (χ0) is 11.5. The van der Waals surface area contributed by atoms with Gasteiger partial charge >= 0.3 is 0 Å². The number of hydrogen-bond donors (Lipinski definition) is 0. The summed E-state index contributed by atoms with van der Waals surface area (Å²) in [5, 5.41) is 6.87. The molecule has 0 saturated carbocycles. The van der Waals surface area contributed by atoms with Crippen LogP contribution in [0.25, 0.3) is 0 Å².